The van der Waals surface area contributed by atoms with E-state index in [-0.39, 0.29) is 5.75 Å². The first-order valence-corrected chi connectivity index (χ1v) is 9.45. The van der Waals surface area contributed by atoms with Crippen molar-refractivity contribution in [1.82, 2.24) is 4.57 Å². The van der Waals surface area contributed by atoms with E-state index in [4.69, 9.17) is 0 Å². The van der Waals surface area contributed by atoms with E-state index in [1.807, 2.05) is 84.9 Å². The SMILES string of the molecule is O=c1cc(C(O)Cc2ccccc2)n(-c2cccc(-c3ccccc3)c2)cc1O. The van der Waals surface area contributed by atoms with Gasteiger partial charge < -0.3 is 14.8 Å². The van der Waals surface area contributed by atoms with Crippen LogP contribution in [0.5, 0.6) is 5.75 Å². The molecule has 4 aromatic rings. The molecule has 4 nitrogen and oxygen atoms in total. The zero-order chi connectivity index (χ0) is 20.2. The normalized spacial score (nSPS) is 11.9. The molecule has 2 N–H and O–H groups in total. The van der Waals surface area contributed by atoms with Crippen molar-refractivity contribution in [3.8, 4) is 22.6 Å². The van der Waals surface area contributed by atoms with Gasteiger partial charge in [-0.15, -0.1) is 0 Å². The minimum absolute atomic E-state index is 0.356. The molecule has 0 aliphatic heterocycles. The van der Waals surface area contributed by atoms with E-state index in [0.717, 1.165) is 22.4 Å². The van der Waals surface area contributed by atoms with Gasteiger partial charge in [-0.2, -0.15) is 0 Å². The Morgan fingerprint density at radius 3 is 2.17 bits per heavy atom. The number of pyridine rings is 1. The second-order valence-electron chi connectivity index (χ2n) is 6.94. The van der Waals surface area contributed by atoms with Gasteiger partial charge in [0.05, 0.1) is 18.0 Å². The van der Waals surface area contributed by atoms with Gasteiger partial charge in [0.15, 0.2) is 5.75 Å². The average molecular weight is 383 g/mol. The summed E-state index contributed by atoms with van der Waals surface area (Å²) in [6, 6.07) is 28.6. The van der Waals surface area contributed by atoms with Crippen LogP contribution in [-0.4, -0.2) is 14.8 Å². The second-order valence-corrected chi connectivity index (χ2v) is 6.94. The Morgan fingerprint density at radius 1 is 0.793 bits per heavy atom. The van der Waals surface area contributed by atoms with Crippen molar-refractivity contribution in [3.63, 3.8) is 0 Å². The van der Waals surface area contributed by atoms with E-state index >= 15 is 0 Å². The Morgan fingerprint density at radius 2 is 1.45 bits per heavy atom. The van der Waals surface area contributed by atoms with Gasteiger partial charge in [0, 0.05) is 18.2 Å². The molecule has 0 aliphatic rings. The summed E-state index contributed by atoms with van der Waals surface area (Å²) in [6.07, 6.45) is 0.838. The van der Waals surface area contributed by atoms with Crippen LogP contribution >= 0.6 is 0 Å². The lowest BCUT2D eigenvalue weighted by Crippen LogP contribution is -2.16. The lowest BCUT2D eigenvalue weighted by molar-refractivity contribution is 0.170. The first kappa shape index (κ1) is 18.7. The van der Waals surface area contributed by atoms with Crippen molar-refractivity contribution in [3.05, 3.63) is 119 Å². The van der Waals surface area contributed by atoms with Gasteiger partial charge >= 0.3 is 0 Å². The summed E-state index contributed by atoms with van der Waals surface area (Å²) >= 11 is 0. The van der Waals surface area contributed by atoms with Crippen LogP contribution in [0.25, 0.3) is 16.8 Å². The molecular weight excluding hydrogens is 362 g/mol. The standard InChI is InChI=1S/C25H21NO3/c27-23(14-18-8-3-1-4-9-18)22-16-24(28)25(29)17-26(22)21-13-7-12-20(15-21)19-10-5-2-6-11-19/h1-13,15-17,23,27,29H,14H2. The number of aromatic nitrogens is 1. The Kier molecular flexibility index (Phi) is 5.27. The quantitative estimate of drug-likeness (QED) is 0.534. The van der Waals surface area contributed by atoms with Gasteiger partial charge in [0.1, 0.15) is 0 Å². The number of hydrogen-bond donors (Lipinski definition) is 2. The molecule has 1 heterocycles. The minimum Gasteiger partial charge on any atom is -0.503 e. The summed E-state index contributed by atoms with van der Waals surface area (Å²) in [5.74, 6) is -0.356. The first-order chi connectivity index (χ1) is 14.1. The molecule has 1 atom stereocenters. The topological polar surface area (TPSA) is 62.5 Å². The molecule has 1 aromatic heterocycles. The van der Waals surface area contributed by atoms with Crippen molar-refractivity contribution in [2.24, 2.45) is 0 Å². The summed E-state index contributed by atoms with van der Waals surface area (Å²) in [6.45, 7) is 0. The Bertz CT molecular complexity index is 1170. The fraction of sp³-hybridized carbons (Fsp3) is 0.0800. The van der Waals surface area contributed by atoms with E-state index in [1.54, 1.807) is 4.57 Å². The van der Waals surface area contributed by atoms with Crippen LogP contribution in [0.2, 0.25) is 0 Å². The maximum Gasteiger partial charge on any atom is 0.223 e. The highest BCUT2D eigenvalue weighted by atomic mass is 16.3. The highest BCUT2D eigenvalue weighted by molar-refractivity contribution is 5.66. The van der Waals surface area contributed by atoms with Gasteiger partial charge in [0.25, 0.3) is 0 Å². The average Bonchev–Trinajstić information content (AvgIpc) is 2.76. The molecule has 1 unspecified atom stereocenters. The van der Waals surface area contributed by atoms with Crippen LogP contribution in [0.15, 0.2) is 102 Å². The summed E-state index contributed by atoms with van der Waals surface area (Å²) in [5.41, 5.74) is 3.70. The monoisotopic (exact) mass is 383 g/mol. The Hall–Kier alpha value is -3.63. The number of aliphatic hydroxyl groups is 1. The maximum atomic E-state index is 12.1. The van der Waals surface area contributed by atoms with E-state index < -0.39 is 11.5 Å². The van der Waals surface area contributed by atoms with Gasteiger partial charge in [-0.1, -0.05) is 72.8 Å². The maximum absolute atomic E-state index is 12.1. The van der Waals surface area contributed by atoms with Crippen molar-refractivity contribution < 1.29 is 10.2 Å². The Balaban J connectivity index is 1.78. The minimum atomic E-state index is -0.897. The van der Waals surface area contributed by atoms with E-state index in [0.29, 0.717) is 12.1 Å². The van der Waals surface area contributed by atoms with Crippen LogP contribution in [0.4, 0.5) is 0 Å². The predicted molar refractivity (Wildman–Crippen MR) is 114 cm³/mol. The number of aliphatic hydroxyl groups excluding tert-OH is 1. The van der Waals surface area contributed by atoms with Crippen LogP contribution in [0.3, 0.4) is 0 Å². The lowest BCUT2D eigenvalue weighted by atomic mass is 10.0. The number of aromatic hydroxyl groups is 1. The fourth-order valence-electron chi connectivity index (χ4n) is 3.43. The molecule has 0 saturated heterocycles. The van der Waals surface area contributed by atoms with Crippen molar-refractivity contribution in [1.29, 1.82) is 0 Å². The first-order valence-electron chi connectivity index (χ1n) is 9.45. The molecule has 0 bridgehead atoms. The van der Waals surface area contributed by atoms with Gasteiger partial charge in [0.2, 0.25) is 5.43 Å². The smallest absolute Gasteiger partial charge is 0.223 e. The molecule has 0 aliphatic carbocycles. The molecule has 3 aromatic carbocycles. The zero-order valence-electron chi connectivity index (χ0n) is 15.8. The number of rotatable bonds is 5. The molecule has 0 spiro atoms. The van der Waals surface area contributed by atoms with Crippen molar-refractivity contribution in [2.45, 2.75) is 12.5 Å². The second kappa shape index (κ2) is 8.17. The van der Waals surface area contributed by atoms with Gasteiger partial charge in [-0.3, -0.25) is 4.79 Å². The fourth-order valence-corrected chi connectivity index (χ4v) is 3.43. The number of benzene rings is 3. The largest absolute Gasteiger partial charge is 0.503 e. The molecule has 4 rings (SSSR count). The number of nitrogens with zero attached hydrogens (tertiary/aromatic N) is 1. The van der Waals surface area contributed by atoms with Gasteiger partial charge in [-0.05, 0) is 28.8 Å². The molecule has 29 heavy (non-hydrogen) atoms. The molecule has 0 saturated carbocycles. The van der Waals surface area contributed by atoms with E-state index in [2.05, 4.69) is 0 Å². The van der Waals surface area contributed by atoms with E-state index in [9.17, 15) is 15.0 Å². The number of hydrogen-bond acceptors (Lipinski definition) is 3. The third kappa shape index (κ3) is 4.13. The van der Waals surface area contributed by atoms with Crippen LogP contribution < -0.4 is 5.43 Å². The van der Waals surface area contributed by atoms with E-state index in [1.165, 1.54) is 12.3 Å². The van der Waals surface area contributed by atoms with Crippen molar-refractivity contribution in [2.75, 3.05) is 0 Å². The summed E-state index contributed by atoms with van der Waals surface area (Å²) in [4.78, 5) is 12.1. The Labute approximate surface area is 169 Å². The lowest BCUT2D eigenvalue weighted by Gasteiger charge is -2.19. The highest BCUT2D eigenvalue weighted by Crippen LogP contribution is 2.26. The van der Waals surface area contributed by atoms with Crippen LogP contribution in [-0.2, 0) is 6.42 Å². The van der Waals surface area contributed by atoms with Crippen LogP contribution in [0, 0.1) is 0 Å². The zero-order valence-corrected chi connectivity index (χ0v) is 15.8. The molecule has 0 fully saturated rings. The highest BCUT2D eigenvalue weighted by Gasteiger charge is 2.16. The molecule has 4 heteroatoms. The summed E-state index contributed by atoms with van der Waals surface area (Å²) in [5, 5.41) is 20.9. The molecule has 144 valence electrons. The summed E-state index contributed by atoms with van der Waals surface area (Å²) < 4.78 is 1.68. The third-order valence-electron chi connectivity index (χ3n) is 4.91. The summed E-state index contributed by atoms with van der Waals surface area (Å²) in [7, 11) is 0. The molecule has 0 amide bonds. The van der Waals surface area contributed by atoms with Crippen LogP contribution in [0.1, 0.15) is 17.4 Å². The predicted octanol–water partition coefficient (Wildman–Crippen LogP) is 4.49. The molecular formula is C25H21NO3. The molecule has 0 radical (unpaired) electrons. The van der Waals surface area contributed by atoms with Gasteiger partial charge in [-0.25, -0.2) is 0 Å². The van der Waals surface area contributed by atoms with Crippen molar-refractivity contribution >= 4 is 0 Å². The third-order valence-corrected chi connectivity index (χ3v) is 4.91.